The van der Waals surface area contributed by atoms with E-state index < -0.39 is 10.0 Å². The van der Waals surface area contributed by atoms with Crippen molar-refractivity contribution in [3.8, 4) is 22.1 Å². The highest BCUT2D eigenvalue weighted by atomic mass is 32.2. The molecular weight excluding hydrogens is 454 g/mol. The van der Waals surface area contributed by atoms with Gasteiger partial charge in [0.05, 0.1) is 23.8 Å². The molecule has 1 saturated heterocycles. The molecule has 5 rings (SSSR count). The van der Waals surface area contributed by atoms with Gasteiger partial charge >= 0.3 is 0 Å². The number of sulfonamides is 1. The van der Waals surface area contributed by atoms with Crippen molar-refractivity contribution in [3.05, 3.63) is 46.1 Å². The van der Waals surface area contributed by atoms with Crippen molar-refractivity contribution in [2.24, 2.45) is 0 Å². The van der Waals surface area contributed by atoms with E-state index in [1.165, 1.54) is 0 Å². The number of aromatic nitrogens is 1. The molecule has 0 atom stereocenters. The smallest absolute Gasteiger partial charge is 0.243 e. The van der Waals surface area contributed by atoms with Gasteiger partial charge in [-0.15, -0.1) is 11.3 Å². The fourth-order valence-electron chi connectivity index (χ4n) is 3.71. The summed E-state index contributed by atoms with van der Waals surface area (Å²) >= 11 is 3.32. The molecular formula is C21H23N3O4S3. The van der Waals surface area contributed by atoms with Crippen LogP contribution in [0.5, 0.6) is 11.5 Å². The number of nitrogens with zero attached hydrogens (tertiary/aromatic N) is 3. The number of hydrogen-bond donors (Lipinski definition) is 0. The summed E-state index contributed by atoms with van der Waals surface area (Å²) in [5, 5.41) is 7.28. The average molecular weight is 478 g/mol. The van der Waals surface area contributed by atoms with Crippen molar-refractivity contribution in [2.75, 3.05) is 39.4 Å². The predicted octanol–water partition coefficient (Wildman–Crippen LogP) is 3.54. The van der Waals surface area contributed by atoms with Crippen LogP contribution >= 0.6 is 22.7 Å². The normalized spacial score (nSPS) is 18.1. The Balaban J connectivity index is 1.22. The van der Waals surface area contributed by atoms with Gasteiger partial charge in [-0.05, 0) is 23.6 Å². The Morgan fingerprint density at radius 2 is 1.81 bits per heavy atom. The molecule has 3 aromatic rings. The number of hydrogen-bond acceptors (Lipinski definition) is 8. The quantitative estimate of drug-likeness (QED) is 0.560. The van der Waals surface area contributed by atoms with E-state index in [1.807, 2.05) is 0 Å². The topological polar surface area (TPSA) is 72.0 Å². The second-order valence-electron chi connectivity index (χ2n) is 7.50. The molecule has 4 heterocycles. The molecule has 0 unspecified atom stereocenters. The molecule has 7 nitrogen and oxygen atoms in total. The van der Waals surface area contributed by atoms with Gasteiger partial charge < -0.3 is 9.47 Å². The molecule has 164 valence electrons. The van der Waals surface area contributed by atoms with Crippen molar-refractivity contribution < 1.29 is 17.9 Å². The lowest BCUT2D eigenvalue weighted by Gasteiger charge is -2.33. The molecule has 0 N–H and O–H groups in total. The molecule has 0 spiro atoms. The molecule has 1 fully saturated rings. The number of rotatable bonds is 5. The lowest BCUT2D eigenvalue weighted by atomic mass is 10.3. The van der Waals surface area contributed by atoms with E-state index in [1.54, 1.807) is 45.2 Å². The minimum Gasteiger partial charge on any atom is -0.490 e. The minimum absolute atomic E-state index is 0.255. The molecule has 0 bridgehead atoms. The lowest BCUT2D eigenvalue weighted by molar-refractivity contribution is 0.180. The summed E-state index contributed by atoms with van der Waals surface area (Å²) in [4.78, 5) is 7.25. The molecule has 0 aliphatic carbocycles. The van der Waals surface area contributed by atoms with Gasteiger partial charge in [-0.3, -0.25) is 4.90 Å². The maximum absolute atomic E-state index is 13.2. The third kappa shape index (κ3) is 4.49. The Kier molecular flexibility index (Phi) is 5.98. The fourth-order valence-corrected chi connectivity index (χ4v) is 6.67. The average Bonchev–Trinajstić information content (AvgIpc) is 3.41. The van der Waals surface area contributed by atoms with Gasteiger partial charge in [0.15, 0.2) is 11.5 Å². The number of ether oxygens (including phenoxy) is 2. The molecule has 10 heteroatoms. The maximum atomic E-state index is 13.2. The van der Waals surface area contributed by atoms with Crippen LogP contribution in [0.1, 0.15) is 12.1 Å². The molecule has 2 aliphatic rings. The Labute approximate surface area is 189 Å². The summed E-state index contributed by atoms with van der Waals surface area (Å²) in [5.74, 6) is 1.11. The number of piperazine rings is 1. The predicted molar refractivity (Wildman–Crippen MR) is 122 cm³/mol. The summed E-state index contributed by atoms with van der Waals surface area (Å²) in [5.41, 5.74) is 2.19. The van der Waals surface area contributed by atoms with Crippen LogP contribution in [0.3, 0.4) is 0 Å². The monoisotopic (exact) mass is 477 g/mol. The van der Waals surface area contributed by atoms with Gasteiger partial charge in [-0.1, -0.05) is 0 Å². The van der Waals surface area contributed by atoms with E-state index in [9.17, 15) is 8.42 Å². The van der Waals surface area contributed by atoms with E-state index in [0.717, 1.165) is 29.2 Å². The van der Waals surface area contributed by atoms with Crippen molar-refractivity contribution in [1.82, 2.24) is 14.2 Å². The van der Waals surface area contributed by atoms with Crippen molar-refractivity contribution in [1.29, 1.82) is 0 Å². The second kappa shape index (κ2) is 8.87. The third-order valence-corrected chi connectivity index (χ3v) is 8.91. The molecule has 0 amide bonds. The largest absolute Gasteiger partial charge is 0.490 e. The molecule has 2 aliphatic heterocycles. The van der Waals surface area contributed by atoms with Crippen LogP contribution in [0, 0.1) is 0 Å². The Morgan fingerprint density at radius 3 is 2.58 bits per heavy atom. The first-order valence-corrected chi connectivity index (χ1v) is 13.4. The van der Waals surface area contributed by atoms with Crippen LogP contribution < -0.4 is 9.47 Å². The zero-order chi connectivity index (χ0) is 21.3. The van der Waals surface area contributed by atoms with Gasteiger partial charge in [0.2, 0.25) is 10.0 Å². The maximum Gasteiger partial charge on any atom is 0.243 e. The van der Waals surface area contributed by atoms with Crippen LogP contribution in [-0.2, 0) is 16.6 Å². The van der Waals surface area contributed by atoms with Gasteiger partial charge in [0.25, 0.3) is 0 Å². The van der Waals surface area contributed by atoms with E-state index in [4.69, 9.17) is 14.5 Å². The summed E-state index contributed by atoms with van der Waals surface area (Å²) in [6.07, 6.45) is 0.784. The van der Waals surface area contributed by atoms with Crippen LogP contribution in [0.25, 0.3) is 10.6 Å². The minimum atomic E-state index is -3.57. The molecule has 31 heavy (non-hydrogen) atoms. The van der Waals surface area contributed by atoms with E-state index in [2.05, 4.69) is 27.1 Å². The summed E-state index contributed by atoms with van der Waals surface area (Å²) in [6.45, 7) is 4.11. The number of fused-ring (bicyclic) bond motifs is 1. The van der Waals surface area contributed by atoms with Gasteiger partial charge in [-0.2, -0.15) is 15.6 Å². The summed E-state index contributed by atoms with van der Waals surface area (Å²) < 4.78 is 39.2. The molecule has 0 saturated carbocycles. The van der Waals surface area contributed by atoms with Crippen molar-refractivity contribution in [2.45, 2.75) is 17.9 Å². The highest BCUT2D eigenvalue weighted by Crippen LogP contribution is 2.33. The zero-order valence-electron chi connectivity index (χ0n) is 16.9. The number of thiazole rings is 1. The van der Waals surface area contributed by atoms with E-state index >= 15 is 0 Å². The highest BCUT2D eigenvalue weighted by Gasteiger charge is 2.30. The van der Waals surface area contributed by atoms with Gasteiger partial charge in [0.1, 0.15) is 5.01 Å². The lowest BCUT2D eigenvalue weighted by Crippen LogP contribution is -2.48. The molecule has 0 radical (unpaired) electrons. The highest BCUT2D eigenvalue weighted by molar-refractivity contribution is 7.89. The van der Waals surface area contributed by atoms with Crippen molar-refractivity contribution >= 4 is 32.7 Å². The van der Waals surface area contributed by atoms with Gasteiger partial charge in [-0.25, -0.2) is 13.4 Å². The fraction of sp³-hybridized carbons (Fsp3) is 0.381. The molecule has 2 aromatic heterocycles. The Morgan fingerprint density at radius 1 is 1.00 bits per heavy atom. The number of benzene rings is 1. The summed E-state index contributed by atoms with van der Waals surface area (Å²) in [6, 6.07) is 6.97. The van der Waals surface area contributed by atoms with Crippen LogP contribution in [0.15, 0.2) is 45.3 Å². The first-order chi connectivity index (χ1) is 15.1. The number of thiophene rings is 1. The van der Waals surface area contributed by atoms with E-state index in [0.29, 0.717) is 50.9 Å². The first kappa shape index (κ1) is 20.9. The van der Waals surface area contributed by atoms with Crippen molar-refractivity contribution in [3.63, 3.8) is 0 Å². The third-order valence-electron chi connectivity index (χ3n) is 5.39. The van der Waals surface area contributed by atoms with Crippen LogP contribution in [0.2, 0.25) is 0 Å². The standard InChI is InChI=1S/C21H23N3O4S3/c25-31(26,18-2-3-19-20(12-18)28-10-1-9-27-19)24-7-5-23(6-8-24)13-17-15-30-21(22-17)16-4-11-29-14-16/h2-4,11-12,14-15H,1,5-10,13H2. The SMILES string of the molecule is O=S(=O)(c1ccc2c(c1)OCCCO2)N1CCN(Cc2csc(-c3ccsc3)n2)CC1. The van der Waals surface area contributed by atoms with Crippen LogP contribution in [0.4, 0.5) is 0 Å². The van der Waals surface area contributed by atoms with Crippen LogP contribution in [-0.4, -0.2) is 62.0 Å². The Hall–Kier alpha value is -1.98. The second-order valence-corrected chi connectivity index (χ2v) is 11.1. The Bertz CT molecular complexity index is 1140. The van der Waals surface area contributed by atoms with E-state index in [-0.39, 0.29) is 4.90 Å². The summed E-state index contributed by atoms with van der Waals surface area (Å²) in [7, 11) is -3.57. The zero-order valence-corrected chi connectivity index (χ0v) is 19.3. The first-order valence-electron chi connectivity index (χ1n) is 10.2. The molecule has 1 aromatic carbocycles. The van der Waals surface area contributed by atoms with Gasteiger partial charge in [0, 0.05) is 61.5 Å².